The monoisotopic (exact) mass is 344 g/mol. The third kappa shape index (κ3) is 3.54. The van der Waals surface area contributed by atoms with E-state index >= 15 is 0 Å². The Balaban J connectivity index is 2.21. The van der Waals surface area contributed by atoms with E-state index in [1.54, 1.807) is 24.5 Å². The molecule has 1 atom stereocenters. The van der Waals surface area contributed by atoms with E-state index in [1.807, 2.05) is 11.4 Å². The van der Waals surface area contributed by atoms with Crippen LogP contribution in [0.2, 0.25) is 0 Å². The number of nitrogens with two attached hydrogens (primary N) is 1. The molecular weight excluding hydrogens is 331 g/mol. The molecule has 102 valence electrons. The van der Waals surface area contributed by atoms with Gasteiger partial charge in [-0.1, -0.05) is 15.9 Å². The smallest absolute Gasteiger partial charge is 0.129 e. The van der Waals surface area contributed by atoms with Crippen molar-refractivity contribution >= 4 is 27.3 Å². The first-order valence-electron chi connectivity index (χ1n) is 5.66. The molecule has 3 N–H and O–H groups in total. The van der Waals surface area contributed by atoms with Crippen molar-refractivity contribution in [2.24, 2.45) is 5.84 Å². The minimum absolute atomic E-state index is 0.0769. The number of hydrazine groups is 1. The van der Waals surface area contributed by atoms with Gasteiger partial charge in [-0.05, 0) is 36.2 Å². The average Bonchev–Trinajstić information content (AvgIpc) is 2.88. The molecule has 1 unspecified atom stereocenters. The fourth-order valence-electron chi connectivity index (χ4n) is 1.79. The van der Waals surface area contributed by atoms with Gasteiger partial charge in [-0.3, -0.25) is 11.3 Å². The molecule has 19 heavy (non-hydrogen) atoms. The highest BCUT2D eigenvalue weighted by molar-refractivity contribution is 9.10. The minimum atomic E-state index is -0.252. The zero-order chi connectivity index (χ0) is 13.8. The zero-order valence-corrected chi connectivity index (χ0v) is 12.7. The number of benzene rings is 1. The number of nitrogens with one attached hydrogen (secondary N) is 1. The molecule has 6 heteroatoms. The van der Waals surface area contributed by atoms with Gasteiger partial charge < -0.3 is 4.74 Å². The molecule has 0 aliphatic carbocycles. The van der Waals surface area contributed by atoms with Gasteiger partial charge in [-0.15, -0.1) is 11.3 Å². The third-order valence-corrected chi connectivity index (χ3v) is 4.61. The molecule has 3 nitrogen and oxygen atoms in total. The van der Waals surface area contributed by atoms with Crippen LogP contribution in [0.25, 0.3) is 0 Å². The maximum absolute atomic E-state index is 13.3. The first-order valence-corrected chi connectivity index (χ1v) is 7.33. The van der Waals surface area contributed by atoms with Crippen LogP contribution in [0.1, 0.15) is 16.5 Å². The second-order valence-electron chi connectivity index (χ2n) is 4.05. The lowest BCUT2D eigenvalue weighted by Gasteiger charge is -2.15. The van der Waals surface area contributed by atoms with E-state index in [1.165, 1.54) is 12.1 Å². The summed E-state index contributed by atoms with van der Waals surface area (Å²) in [5.74, 6) is 6.15. The summed E-state index contributed by atoms with van der Waals surface area (Å²) in [7, 11) is 1.62. The Hall–Kier alpha value is -0.950. The molecular formula is C13H14BrFN2OS. The summed E-state index contributed by atoms with van der Waals surface area (Å²) >= 11 is 4.98. The van der Waals surface area contributed by atoms with Gasteiger partial charge in [0.1, 0.15) is 11.6 Å². The normalized spacial score (nSPS) is 12.4. The van der Waals surface area contributed by atoms with E-state index in [4.69, 9.17) is 10.6 Å². The van der Waals surface area contributed by atoms with Crippen LogP contribution in [0, 0.1) is 5.82 Å². The van der Waals surface area contributed by atoms with Crippen molar-refractivity contribution < 1.29 is 9.13 Å². The fraction of sp³-hybridized carbons (Fsp3) is 0.231. The molecule has 1 aromatic carbocycles. The minimum Gasteiger partial charge on any atom is -0.496 e. The summed E-state index contributed by atoms with van der Waals surface area (Å²) < 4.78 is 19.3. The summed E-state index contributed by atoms with van der Waals surface area (Å²) in [6.45, 7) is 0. The Morgan fingerprint density at radius 2 is 2.26 bits per heavy atom. The maximum Gasteiger partial charge on any atom is 0.129 e. The van der Waals surface area contributed by atoms with Crippen LogP contribution >= 0.6 is 27.3 Å². The van der Waals surface area contributed by atoms with E-state index in [9.17, 15) is 4.39 Å². The van der Waals surface area contributed by atoms with Gasteiger partial charge in [0.25, 0.3) is 0 Å². The molecule has 0 spiro atoms. The summed E-state index contributed by atoms with van der Waals surface area (Å²) in [5, 5.41) is 1.92. The van der Waals surface area contributed by atoms with Crippen LogP contribution in [-0.2, 0) is 6.42 Å². The first kappa shape index (κ1) is 14.5. The molecule has 0 aliphatic heterocycles. The van der Waals surface area contributed by atoms with Crippen molar-refractivity contribution in [3.63, 3.8) is 0 Å². The van der Waals surface area contributed by atoms with Crippen LogP contribution < -0.4 is 16.0 Å². The lowest BCUT2D eigenvalue weighted by molar-refractivity contribution is 0.415. The second kappa shape index (κ2) is 6.47. The Bertz CT molecular complexity index is 561. The number of hydrogen-bond donors (Lipinski definition) is 2. The molecule has 2 aromatic rings. The molecule has 1 aromatic heterocycles. The van der Waals surface area contributed by atoms with Crippen molar-refractivity contribution in [3.05, 3.63) is 50.4 Å². The van der Waals surface area contributed by atoms with Gasteiger partial charge in [-0.2, -0.15) is 0 Å². The number of rotatable bonds is 5. The van der Waals surface area contributed by atoms with Crippen molar-refractivity contribution in [1.82, 2.24) is 5.43 Å². The number of ether oxygens (including phenoxy) is 1. The number of methoxy groups -OCH3 is 1. The van der Waals surface area contributed by atoms with Gasteiger partial charge in [-0.25, -0.2) is 4.39 Å². The molecule has 0 saturated carbocycles. The topological polar surface area (TPSA) is 47.3 Å². The zero-order valence-electron chi connectivity index (χ0n) is 10.3. The van der Waals surface area contributed by atoms with Crippen molar-refractivity contribution in [3.8, 4) is 5.75 Å². The summed E-state index contributed by atoms with van der Waals surface area (Å²) in [6.07, 6.45) is 0.596. The molecule has 2 rings (SSSR count). The largest absolute Gasteiger partial charge is 0.496 e. The predicted octanol–water partition coefficient (Wildman–Crippen LogP) is 3.41. The van der Waals surface area contributed by atoms with Crippen molar-refractivity contribution in [1.29, 1.82) is 0 Å². The van der Waals surface area contributed by atoms with Crippen LogP contribution in [0.15, 0.2) is 34.1 Å². The Morgan fingerprint density at radius 3 is 2.89 bits per heavy atom. The van der Waals surface area contributed by atoms with E-state index in [-0.39, 0.29) is 11.9 Å². The maximum atomic E-state index is 13.3. The van der Waals surface area contributed by atoms with Crippen molar-refractivity contribution in [2.75, 3.05) is 7.11 Å². The Kier molecular flexibility index (Phi) is 4.93. The lowest BCUT2D eigenvalue weighted by Crippen LogP contribution is -2.29. The molecule has 0 saturated heterocycles. The molecule has 0 bridgehead atoms. The average molecular weight is 345 g/mol. The summed E-state index contributed by atoms with van der Waals surface area (Å²) in [4.78, 5) is 1.05. The molecule has 1 heterocycles. The highest BCUT2D eigenvalue weighted by Gasteiger charge is 2.15. The third-order valence-electron chi connectivity index (χ3n) is 2.81. The quantitative estimate of drug-likeness (QED) is 0.645. The highest BCUT2D eigenvalue weighted by atomic mass is 79.9. The Labute approximate surface area is 123 Å². The van der Waals surface area contributed by atoms with Gasteiger partial charge in [0.05, 0.1) is 13.2 Å². The van der Waals surface area contributed by atoms with E-state index < -0.39 is 0 Å². The van der Waals surface area contributed by atoms with E-state index in [0.29, 0.717) is 6.42 Å². The van der Waals surface area contributed by atoms with Gasteiger partial charge in [0.2, 0.25) is 0 Å². The van der Waals surface area contributed by atoms with Gasteiger partial charge >= 0.3 is 0 Å². The van der Waals surface area contributed by atoms with Crippen LogP contribution in [0.4, 0.5) is 4.39 Å². The van der Waals surface area contributed by atoms with Crippen LogP contribution in [0.3, 0.4) is 0 Å². The summed E-state index contributed by atoms with van der Waals surface area (Å²) in [5.41, 5.74) is 3.63. The predicted molar refractivity (Wildman–Crippen MR) is 78.7 cm³/mol. The van der Waals surface area contributed by atoms with E-state index in [2.05, 4.69) is 21.4 Å². The number of halogens is 2. The molecule has 0 aliphatic rings. The highest BCUT2D eigenvalue weighted by Crippen LogP contribution is 2.30. The van der Waals surface area contributed by atoms with E-state index in [0.717, 1.165) is 20.7 Å². The molecule has 0 fully saturated rings. The number of hydrogen-bond acceptors (Lipinski definition) is 4. The van der Waals surface area contributed by atoms with Crippen LogP contribution in [-0.4, -0.2) is 7.11 Å². The first-order chi connectivity index (χ1) is 9.13. The number of thiophene rings is 1. The molecule has 0 radical (unpaired) electrons. The standard InChI is InChI=1S/C13H14BrFN2OS/c1-18-10-6-13(19-7-10)12(17-16)5-8-4-9(15)2-3-11(8)14/h2-4,6-7,12,17H,5,16H2,1H3. The van der Waals surface area contributed by atoms with Crippen LogP contribution in [0.5, 0.6) is 5.75 Å². The molecule has 0 amide bonds. The lowest BCUT2D eigenvalue weighted by atomic mass is 10.1. The van der Waals surface area contributed by atoms with Gasteiger partial charge in [0.15, 0.2) is 0 Å². The Morgan fingerprint density at radius 1 is 1.47 bits per heavy atom. The summed E-state index contributed by atoms with van der Waals surface area (Å²) in [6, 6.07) is 6.49. The van der Waals surface area contributed by atoms with Crippen molar-refractivity contribution in [2.45, 2.75) is 12.5 Å². The SMILES string of the molecule is COc1csc(C(Cc2cc(F)ccc2Br)NN)c1. The second-order valence-corrected chi connectivity index (χ2v) is 5.85. The fourth-order valence-corrected chi connectivity index (χ4v) is 3.11. The van der Waals surface area contributed by atoms with Gasteiger partial charge in [0, 0.05) is 14.7 Å².